The smallest absolute Gasteiger partial charge is 0.263 e. The van der Waals surface area contributed by atoms with E-state index < -0.39 is 6.10 Å². The Hall–Kier alpha value is -2.40. The van der Waals surface area contributed by atoms with Crippen molar-refractivity contribution in [2.45, 2.75) is 20.0 Å². The van der Waals surface area contributed by atoms with E-state index in [4.69, 9.17) is 21.1 Å². The van der Waals surface area contributed by atoms with Crippen molar-refractivity contribution in [2.24, 2.45) is 0 Å². The van der Waals surface area contributed by atoms with Crippen molar-refractivity contribution in [2.75, 3.05) is 37.7 Å². The first-order chi connectivity index (χ1) is 13.1. The van der Waals surface area contributed by atoms with E-state index in [1.807, 2.05) is 30.0 Å². The van der Waals surface area contributed by atoms with Crippen LogP contribution in [0.3, 0.4) is 0 Å². The van der Waals surface area contributed by atoms with Gasteiger partial charge in [0.15, 0.2) is 6.10 Å². The Morgan fingerprint density at radius 2 is 1.74 bits per heavy atom. The molecule has 1 aliphatic rings. The summed E-state index contributed by atoms with van der Waals surface area (Å²) in [5.41, 5.74) is 1.08. The number of ether oxygens (including phenoxy) is 2. The quantitative estimate of drug-likeness (QED) is 0.753. The van der Waals surface area contributed by atoms with E-state index in [1.165, 1.54) is 0 Å². The fourth-order valence-electron chi connectivity index (χ4n) is 3.19. The van der Waals surface area contributed by atoms with Crippen molar-refractivity contribution in [3.05, 3.63) is 53.6 Å². The van der Waals surface area contributed by atoms with E-state index in [0.29, 0.717) is 30.5 Å². The Balaban J connectivity index is 1.57. The predicted octanol–water partition coefficient (Wildman–Crippen LogP) is 3.85. The third kappa shape index (κ3) is 4.86. The molecule has 1 heterocycles. The second-order valence-corrected chi connectivity index (χ2v) is 6.86. The molecule has 2 aromatic carbocycles. The summed E-state index contributed by atoms with van der Waals surface area (Å²) in [7, 11) is 0. The van der Waals surface area contributed by atoms with Crippen LogP contribution >= 0.6 is 11.6 Å². The molecule has 3 rings (SSSR count). The minimum absolute atomic E-state index is 0.00249. The maximum Gasteiger partial charge on any atom is 0.263 e. The van der Waals surface area contributed by atoms with Gasteiger partial charge >= 0.3 is 0 Å². The number of carbonyl (C=O) groups excluding carboxylic acids is 1. The lowest BCUT2D eigenvalue weighted by Crippen LogP contribution is -2.52. The lowest BCUT2D eigenvalue weighted by molar-refractivity contribution is -0.138. The van der Waals surface area contributed by atoms with Gasteiger partial charge in [0.05, 0.1) is 12.3 Å². The highest BCUT2D eigenvalue weighted by atomic mass is 35.5. The predicted molar refractivity (Wildman–Crippen MR) is 108 cm³/mol. The molecule has 0 aromatic heterocycles. The van der Waals surface area contributed by atoms with Crippen molar-refractivity contribution in [3.63, 3.8) is 0 Å². The topological polar surface area (TPSA) is 42.0 Å². The normalized spacial score (nSPS) is 15.4. The van der Waals surface area contributed by atoms with Gasteiger partial charge in [0.25, 0.3) is 5.91 Å². The van der Waals surface area contributed by atoms with Gasteiger partial charge in [-0.15, -0.1) is 0 Å². The number of carbonyl (C=O) groups is 1. The average molecular weight is 389 g/mol. The molecule has 0 spiro atoms. The highest BCUT2D eigenvalue weighted by Gasteiger charge is 2.27. The van der Waals surface area contributed by atoms with Crippen LogP contribution in [0.15, 0.2) is 48.5 Å². The van der Waals surface area contributed by atoms with E-state index in [2.05, 4.69) is 11.0 Å². The lowest BCUT2D eigenvalue weighted by atomic mass is 10.2. The molecule has 1 fully saturated rings. The molecule has 0 radical (unpaired) electrons. The molecule has 0 aliphatic carbocycles. The number of hydrogen-bond acceptors (Lipinski definition) is 4. The van der Waals surface area contributed by atoms with Crippen molar-refractivity contribution < 1.29 is 14.3 Å². The molecule has 1 aliphatic heterocycles. The molecule has 5 nitrogen and oxygen atoms in total. The van der Waals surface area contributed by atoms with Gasteiger partial charge in [0.1, 0.15) is 11.5 Å². The van der Waals surface area contributed by atoms with Crippen LogP contribution in [0.25, 0.3) is 0 Å². The molecule has 0 bridgehead atoms. The fraction of sp³-hybridized carbons (Fsp3) is 0.381. The van der Waals surface area contributed by atoms with Crippen molar-refractivity contribution in [1.29, 1.82) is 0 Å². The van der Waals surface area contributed by atoms with E-state index in [0.717, 1.165) is 24.5 Å². The third-order valence-corrected chi connectivity index (χ3v) is 4.82. The molecule has 2 aromatic rings. The fourth-order valence-corrected chi connectivity index (χ4v) is 3.31. The molecule has 1 atom stereocenters. The van der Waals surface area contributed by atoms with E-state index in [-0.39, 0.29) is 5.91 Å². The Labute approximate surface area is 165 Å². The number of hydrogen-bond donors (Lipinski definition) is 0. The molecular formula is C21H25ClN2O3. The molecular weight excluding hydrogens is 364 g/mol. The average Bonchev–Trinajstić information content (AvgIpc) is 2.70. The number of amides is 1. The Morgan fingerprint density at radius 1 is 1.07 bits per heavy atom. The lowest BCUT2D eigenvalue weighted by Gasteiger charge is -2.37. The third-order valence-electron chi connectivity index (χ3n) is 4.57. The molecule has 6 heteroatoms. The van der Waals surface area contributed by atoms with Gasteiger partial charge in [-0.05, 0) is 50.2 Å². The number of anilines is 1. The van der Waals surface area contributed by atoms with E-state index in [9.17, 15) is 4.79 Å². The zero-order valence-corrected chi connectivity index (χ0v) is 16.5. The van der Waals surface area contributed by atoms with Gasteiger partial charge in [0, 0.05) is 31.2 Å². The number of nitrogens with zero attached hydrogens (tertiary/aromatic N) is 2. The summed E-state index contributed by atoms with van der Waals surface area (Å²) in [5.74, 6) is 1.53. The maximum absolute atomic E-state index is 12.7. The summed E-state index contributed by atoms with van der Waals surface area (Å²) in [6.45, 7) is 7.26. The molecule has 1 amide bonds. The van der Waals surface area contributed by atoms with Crippen molar-refractivity contribution >= 4 is 23.2 Å². The minimum Gasteiger partial charge on any atom is -0.492 e. The van der Waals surface area contributed by atoms with Crippen molar-refractivity contribution in [1.82, 2.24) is 4.90 Å². The second-order valence-electron chi connectivity index (χ2n) is 6.43. The van der Waals surface area contributed by atoms with Gasteiger partial charge in [-0.1, -0.05) is 23.7 Å². The van der Waals surface area contributed by atoms with Crippen LogP contribution in [0, 0.1) is 0 Å². The molecule has 144 valence electrons. The summed E-state index contributed by atoms with van der Waals surface area (Å²) in [6.07, 6.45) is -0.534. The van der Waals surface area contributed by atoms with Crippen LogP contribution < -0.4 is 14.4 Å². The summed E-state index contributed by atoms with van der Waals surface area (Å²) >= 11 is 5.88. The highest BCUT2D eigenvalue weighted by molar-refractivity contribution is 6.30. The van der Waals surface area contributed by atoms with Crippen LogP contribution in [0.4, 0.5) is 5.69 Å². The Morgan fingerprint density at radius 3 is 2.41 bits per heavy atom. The van der Waals surface area contributed by atoms with E-state index >= 15 is 0 Å². The number of benzene rings is 2. The van der Waals surface area contributed by atoms with Gasteiger partial charge in [-0.25, -0.2) is 0 Å². The largest absolute Gasteiger partial charge is 0.492 e. The molecule has 0 unspecified atom stereocenters. The van der Waals surface area contributed by atoms with Crippen LogP contribution in [-0.4, -0.2) is 49.7 Å². The first-order valence-electron chi connectivity index (χ1n) is 9.26. The summed E-state index contributed by atoms with van der Waals surface area (Å²) < 4.78 is 11.5. The SMILES string of the molecule is CCOc1ccccc1N1CCN(C(=O)[C@@H](C)Oc2ccc(Cl)cc2)CC1. The maximum atomic E-state index is 12.7. The summed E-state index contributed by atoms with van der Waals surface area (Å²) in [5, 5.41) is 0.643. The minimum atomic E-state index is -0.534. The number of piperazine rings is 1. The van der Waals surface area contributed by atoms with Crippen LogP contribution in [0.1, 0.15) is 13.8 Å². The highest BCUT2D eigenvalue weighted by Crippen LogP contribution is 2.29. The Kier molecular flexibility index (Phi) is 6.45. The number of halogens is 1. The number of rotatable bonds is 6. The molecule has 27 heavy (non-hydrogen) atoms. The van der Waals surface area contributed by atoms with Crippen molar-refractivity contribution in [3.8, 4) is 11.5 Å². The van der Waals surface area contributed by atoms with Crippen LogP contribution in [-0.2, 0) is 4.79 Å². The van der Waals surface area contributed by atoms with Gasteiger partial charge in [0.2, 0.25) is 0 Å². The molecule has 0 saturated carbocycles. The van der Waals surface area contributed by atoms with Crippen LogP contribution in [0.5, 0.6) is 11.5 Å². The zero-order chi connectivity index (χ0) is 19.2. The second kappa shape index (κ2) is 9.00. The van der Waals surface area contributed by atoms with Gasteiger partial charge in [-0.2, -0.15) is 0 Å². The van der Waals surface area contributed by atoms with Gasteiger partial charge in [-0.3, -0.25) is 4.79 Å². The van der Waals surface area contributed by atoms with Crippen LogP contribution in [0.2, 0.25) is 5.02 Å². The standard InChI is InChI=1S/C21H25ClN2O3/c1-3-26-20-7-5-4-6-19(20)23-12-14-24(15-13-23)21(25)16(2)27-18-10-8-17(22)9-11-18/h4-11,16H,3,12-15H2,1-2H3/t16-/m1/s1. The van der Waals surface area contributed by atoms with Gasteiger partial charge < -0.3 is 19.3 Å². The monoisotopic (exact) mass is 388 g/mol. The Bertz CT molecular complexity index is 758. The molecule has 1 saturated heterocycles. The first-order valence-corrected chi connectivity index (χ1v) is 9.64. The van der Waals surface area contributed by atoms with E-state index in [1.54, 1.807) is 31.2 Å². The zero-order valence-electron chi connectivity index (χ0n) is 15.7. The first kappa shape index (κ1) is 19.4. The summed E-state index contributed by atoms with van der Waals surface area (Å²) in [6, 6.07) is 15.1. The molecule has 0 N–H and O–H groups in total. The number of para-hydroxylation sites is 2. The summed E-state index contributed by atoms with van der Waals surface area (Å²) in [4.78, 5) is 16.8.